The van der Waals surface area contributed by atoms with Crippen LogP contribution >= 0.6 is 0 Å². The number of aryl methyl sites for hydroxylation is 1. The van der Waals surface area contributed by atoms with Crippen LogP contribution in [-0.4, -0.2) is 19.0 Å². The highest BCUT2D eigenvalue weighted by Crippen LogP contribution is 2.27. The summed E-state index contributed by atoms with van der Waals surface area (Å²) in [6.45, 7) is 4.37. The van der Waals surface area contributed by atoms with Crippen molar-refractivity contribution >= 4 is 17.3 Å². The largest absolute Gasteiger partial charge is 0.484 e. The number of nitriles is 1. The van der Waals surface area contributed by atoms with Gasteiger partial charge in [-0.25, -0.2) is 0 Å². The van der Waals surface area contributed by atoms with Gasteiger partial charge in [0, 0.05) is 24.5 Å². The van der Waals surface area contributed by atoms with Crippen molar-refractivity contribution in [2.45, 2.75) is 26.4 Å². The number of nitrogens with one attached hydrogen (secondary N) is 1. The molecule has 1 aliphatic rings. The molecule has 0 atom stereocenters. The average molecular weight is 401 g/mol. The van der Waals surface area contributed by atoms with Gasteiger partial charge in [0.15, 0.2) is 5.76 Å². The van der Waals surface area contributed by atoms with E-state index in [1.54, 1.807) is 36.4 Å². The Morgan fingerprint density at radius 1 is 1.17 bits per heavy atom. The van der Waals surface area contributed by atoms with E-state index in [-0.39, 0.29) is 18.3 Å². The van der Waals surface area contributed by atoms with Gasteiger partial charge in [-0.1, -0.05) is 12.1 Å². The molecule has 0 aliphatic carbocycles. The van der Waals surface area contributed by atoms with Crippen LogP contribution in [0, 0.1) is 18.3 Å². The summed E-state index contributed by atoms with van der Waals surface area (Å²) in [5.41, 5.74) is 3.55. The first kappa shape index (κ1) is 19.6. The second-order valence-electron chi connectivity index (χ2n) is 7.31. The number of ether oxygens (including phenoxy) is 1. The van der Waals surface area contributed by atoms with Crippen LogP contribution in [0.2, 0.25) is 0 Å². The fraction of sp³-hybridized carbons (Fsp3) is 0.250. The number of hydrogen-bond acceptors (Lipinski definition) is 5. The molecular formula is C24H23N3O3. The van der Waals surface area contributed by atoms with Crippen molar-refractivity contribution < 1.29 is 13.9 Å². The Morgan fingerprint density at radius 2 is 1.97 bits per heavy atom. The number of anilines is 2. The maximum atomic E-state index is 12.6. The molecule has 6 nitrogen and oxygen atoms in total. The lowest BCUT2D eigenvalue weighted by molar-refractivity contribution is 0.0992. The van der Waals surface area contributed by atoms with Gasteiger partial charge in [0.05, 0.1) is 5.56 Å². The Hall–Kier alpha value is -3.72. The summed E-state index contributed by atoms with van der Waals surface area (Å²) in [4.78, 5) is 14.9. The molecule has 1 aromatic heterocycles. The van der Waals surface area contributed by atoms with E-state index < -0.39 is 0 Å². The molecule has 4 rings (SSSR count). The van der Waals surface area contributed by atoms with E-state index in [1.807, 2.05) is 12.1 Å². The van der Waals surface area contributed by atoms with Crippen molar-refractivity contribution in [1.29, 1.82) is 5.26 Å². The first-order chi connectivity index (χ1) is 14.6. The third-order valence-corrected chi connectivity index (χ3v) is 5.16. The predicted molar refractivity (Wildman–Crippen MR) is 115 cm³/mol. The van der Waals surface area contributed by atoms with Gasteiger partial charge in [0.25, 0.3) is 5.91 Å². The molecule has 6 heteroatoms. The zero-order valence-electron chi connectivity index (χ0n) is 16.9. The number of hydrogen-bond donors (Lipinski definition) is 1. The van der Waals surface area contributed by atoms with Crippen molar-refractivity contribution in [3.8, 4) is 11.8 Å². The zero-order chi connectivity index (χ0) is 20.9. The van der Waals surface area contributed by atoms with Crippen LogP contribution in [0.3, 0.4) is 0 Å². The first-order valence-corrected chi connectivity index (χ1v) is 10.0. The van der Waals surface area contributed by atoms with Crippen LogP contribution in [0.1, 0.15) is 40.3 Å². The predicted octanol–water partition coefficient (Wildman–Crippen LogP) is 4.89. The normalized spacial score (nSPS) is 13.1. The number of rotatable bonds is 6. The van der Waals surface area contributed by atoms with Gasteiger partial charge in [-0.2, -0.15) is 5.26 Å². The van der Waals surface area contributed by atoms with Crippen LogP contribution < -0.4 is 15.0 Å². The summed E-state index contributed by atoms with van der Waals surface area (Å²) < 4.78 is 11.3. The molecule has 2 heterocycles. The number of benzene rings is 2. The minimum atomic E-state index is -0.313. The molecule has 0 saturated carbocycles. The fourth-order valence-electron chi connectivity index (χ4n) is 3.65. The summed E-state index contributed by atoms with van der Waals surface area (Å²) in [5, 5.41) is 12.0. The second kappa shape index (κ2) is 8.75. The lowest BCUT2D eigenvalue weighted by Crippen LogP contribution is -2.19. The molecule has 0 radical (unpaired) electrons. The SMILES string of the molecule is Cc1cc(NC(=O)c2ccc(COc3ccccc3C#N)o2)ccc1N1CCCC1. The van der Waals surface area contributed by atoms with Gasteiger partial charge < -0.3 is 19.4 Å². The smallest absolute Gasteiger partial charge is 0.291 e. The number of amides is 1. The molecule has 1 fully saturated rings. The molecule has 3 aromatic rings. The minimum Gasteiger partial charge on any atom is -0.484 e. The van der Waals surface area contributed by atoms with Gasteiger partial charge in [-0.15, -0.1) is 0 Å². The molecule has 1 amide bonds. The van der Waals surface area contributed by atoms with Crippen molar-refractivity contribution in [1.82, 2.24) is 0 Å². The van der Waals surface area contributed by atoms with Crippen LogP contribution in [0.25, 0.3) is 0 Å². The quantitative estimate of drug-likeness (QED) is 0.636. The molecule has 2 aromatic carbocycles. The molecule has 0 unspecified atom stereocenters. The van der Waals surface area contributed by atoms with Crippen molar-refractivity contribution in [2.24, 2.45) is 0 Å². The highest BCUT2D eigenvalue weighted by atomic mass is 16.5. The van der Waals surface area contributed by atoms with Crippen molar-refractivity contribution in [3.05, 3.63) is 77.2 Å². The van der Waals surface area contributed by atoms with E-state index in [0.717, 1.165) is 24.3 Å². The van der Waals surface area contributed by atoms with Crippen molar-refractivity contribution in [3.63, 3.8) is 0 Å². The summed E-state index contributed by atoms with van der Waals surface area (Å²) in [6.07, 6.45) is 2.45. The van der Waals surface area contributed by atoms with Gasteiger partial charge in [0.1, 0.15) is 24.2 Å². The third kappa shape index (κ3) is 4.31. The maximum Gasteiger partial charge on any atom is 0.291 e. The van der Waals surface area contributed by atoms with E-state index >= 15 is 0 Å². The summed E-state index contributed by atoms with van der Waals surface area (Å²) in [7, 11) is 0. The highest BCUT2D eigenvalue weighted by Gasteiger charge is 2.16. The summed E-state index contributed by atoms with van der Waals surface area (Å²) in [5.74, 6) is 0.889. The number of furan rings is 1. The van der Waals surface area contributed by atoms with Gasteiger partial charge in [-0.05, 0) is 67.8 Å². The van der Waals surface area contributed by atoms with Crippen LogP contribution in [-0.2, 0) is 6.61 Å². The van der Waals surface area contributed by atoms with E-state index in [9.17, 15) is 4.79 Å². The highest BCUT2D eigenvalue weighted by molar-refractivity contribution is 6.02. The lowest BCUT2D eigenvalue weighted by Gasteiger charge is -2.20. The van der Waals surface area contributed by atoms with Crippen LogP contribution in [0.15, 0.2) is 59.0 Å². The second-order valence-corrected chi connectivity index (χ2v) is 7.31. The molecule has 1 aliphatic heterocycles. The fourth-order valence-corrected chi connectivity index (χ4v) is 3.65. The van der Waals surface area contributed by atoms with E-state index in [4.69, 9.17) is 14.4 Å². The summed E-state index contributed by atoms with van der Waals surface area (Å²) >= 11 is 0. The summed E-state index contributed by atoms with van der Waals surface area (Å²) in [6, 6.07) is 18.4. The Labute approximate surface area is 175 Å². The topological polar surface area (TPSA) is 78.5 Å². The van der Waals surface area contributed by atoms with Gasteiger partial charge >= 0.3 is 0 Å². The number of carbonyl (C=O) groups excluding carboxylic acids is 1. The Bertz CT molecular complexity index is 1090. The maximum absolute atomic E-state index is 12.6. The molecule has 152 valence electrons. The Morgan fingerprint density at radius 3 is 2.73 bits per heavy atom. The molecule has 30 heavy (non-hydrogen) atoms. The number of carbonyl (C=O) groups is 1. The Balaban J connectivity index is 1.38. The average Bonchev–Trinajstić information content (AvgIpc) is 3.45. The molecule has 1 saturated heterocycles. The van der Waals surface area contributed by atoms with E-state index in [1.165, 1.54) is 18.5 Å². The first-order valence-electron chi connectivity index (χ1n) is 10.0. The third-order valence-electron chi connectivity index (χ3n) is 5.16. The van der Waals surface area contributed by atoms with Gasteiger partial charge in [0.2, 0.25) is 0 Å². The zero-order valence-corrected chi connectivity index (χ0v) is 16.9. The molecule has 0 bridgehead atoms. The minimum absolute atomic E-state index is 0.135. The number of para-hydroxylation sites is 1. The lowest BCUT2D eigenvalue weighted by atomic mass is 10.1. The molecule has 0 spiro atoms. The van der Waals surface area contributed by atoms with Gasteiger partial charge in [-0.3, -0.25) is 4.79 Å². The van der Waals surface area contributed by atoms with E-state index in [2.05, 4.69) is 29.3 Å². The molecular weight excluding hydrogens is 378 g/mol. The molecule has 1 N–H and O–H groups in total. The van der Waals surface area contributed by atoms with Crippen LogP contribution in [0.4, 0.5) is 11.4 Å². The van der Waals surface area contributed by atoms with E-state index in [0.29, 0.717) is 17.1 Å². The Kier molecular flexibility index (Phi) is 5.71. The number of nitrogens with zero attached hydrogens (tertiary/aromatic N) is 2. The van der Waals surface area contributed by atoms with Crippen LogP contribution in [0.5, 0.6) is 5.75 Å². The monoisotopic (exact) mass is 401 g/mol. The standard InChI is InChI=1S/C24H23N3O3/c1-17-14-19(8-10-21(17)27-12-4-5-13-27)26-24(28)23-11-9-20(30-23)16-29-22-7-3-2-6-18(22)15-25/h2-3,6-11,14H,4-5,12-13,16H2,1H3,(H,26,28). The van der Waals surface area contributed by atoms with Crippen molar-refractivity contribution in [2.75, 3.05) is 23.3 Å².